The second-order valence-electron chi connectivity index (χ2n) is 8.76. The molecule has 198 valence electrons. The van der Waals surface area contributed by atoms with E-state index in [1.165, 1.54) is 16.7 Å². The molecule has 0 spiro atoms. The summed E-state index contributed by atoms with van der Waals surface area (Å²) >= 11 is 5.98. The highest BCUT2D eigenvalue weighted by Gasteiger charge is 2.22. The highest BCUT2D eigenvalue weighted by Crippen LogP contribution is 2.29. The summed E-state index contributed by atoms with van der Waals surface area (Å²) in [7, 11) is -2.24. The SMILES string of the molecule is Cc1cc([C@@H](C)Nc2ccc(Cl)nc2C(=O)NS(C)(=O)=O)c2nc(OCc3cccnc3)n(C)c(=O)c2c1. The number of carbonyl (C=O) groups excluding carboxylic acids is 1. The molecule has 4 aromatic rings. The van der Waals surface area contributed by atoms with Gasteiger partial charge in [0.25, 0.3) is 17.5 Å². The smallest absolute Gasteiger partial charge is 0.299 e. The number of sulfonamides is 1. The molecule has 0 aliphatic carbocycles. The molecule has 0 radical (unpaired) electrons. The molecule has 0 saturated carbocycles. The molecule has 4 rings (SSSR count). The number of hydrogen-bond acceptors (Lipinski definition) is 9. The molecule has 0 bridgehead atoms. The van der Waals surface area contributed by atoms with Crippen molar-refractivity contribution in [3.05, 3.63) is 86.7 Å². The van der Waals surface area contributed by atoms with Crippen LogP contribution in [0, 0.1) is 6.92 Å². The second kappa shape index (κ2) is 10.8. The van der Waals surface area contributed by atoms with Gasteiger partial charge in [0.2, 0.25) is 10.0 Å². The van der Waals surface area contributed by atoms with Crippen molar-refractivity contribution in [2.75, 3.05) is 11.6 Å². The number of pyridine rings is 2. The first-order chi connectivity index (χ1) is 17.9. The van der Waals surface area contributed by atoms with E-state index in [4.69, 9.17) is 16.3 Å². The summed E-state index contributed by atoms with van der Waals surface area (Å²) < 4.78 is 32.3. The maximum atomic E-state index is 13.2. The third-order valence-corrected chi connectivity index (χ3v) is 6.36. The molecule has 0 aliphatic rings. The van der Waals surface area contributed by atoms with E-state index in [-0.39, 0.29) is 34.7 Å². The molecule has 3 aromatic heterocycles. The fourth-order valence-corrected chi connectivity index (χ4v) is 4.46. The van der Waals surface area contributed by atoms with Gasteiger partial charge in [-0.05, 0) is 43.7 Å². The third kappa shape index (κ3) is 6.09. The lowest BCUT2D eigenvalue weighted by Gasteiger charge is -2.20. The van der Waals surface area contributed by atoms with Gasteiger partial charge < -0.3 is 10.1 Å². The lowest BCUT2D eigenvalue weighted by molar-refractivity contribution is 0.0977. The number of ether oxygens (including phenoxy) is 1. The quantitative estimate of drug-likeness (QED) is 0.312. The fourth-order valence-electron chi connectivity index (χ4n) is 3.88. The van der Waals surface area contributed by atoms with Crippen LogP contribution < -0.4 is 20.3 Å². The lowest BCUT2D eigenvalue weighted by atomic mass is 10.0. The number of amides is 1. The fraction of sp³-hybridized carbons (Fsp3) is 0.240. The molecule has 11 nitrogen and oxygen atoms in total. The number of aromatic nitrogens is 4. The average molecular weight is 557 g/mol. The molecule has 1 atom stereocenters. The Bertz CT molecular complexity index is 1690. The molecular weight excluding hydrogens is 532 g/mol. The minimum Gasteiger partial charge on any atom is -0.460 e. The zero-order chi connectivity index (χ0) is 27.6. The van der Waals surface area contributed by atoms with Gasteiger partial charge in [0.05, 0.1) is 28.9 Å². The second-order valence-corrected chi connectivity index (χ2v) is 10.9. The van der Waals surface area contributed by atoms with Gasteiger partial charge >= 0.3 is 0 Å². The summed E-state index contributed by atoms with van der Waals surface area (Å²) in [4.78, 5) is 38.6. The molecule has 2 N–H and O–H groups in total. The summed E-state index contributed by atoms with van der Waals surface area (Å²) in [5.41, 5.74) is 2.49. The Morgan fingerprint density at radius 1 is 1.21 bits per heavy atom. The molecule has 1 aromatic carbocycles. The van der Waals surface area contributed by atoms with Crippen molar-refractivity contribution >= 4 is 44.1 Å². The van der Waals surface area contributed by atoms with Crippen LogP contribution in [0.5, 0.6) is 6.01 Å². The zero-order valence-electron chi connectivity index (χ0n) is 21.0. The average Bonchev–Trinajstić information content (AvgIpc) is 2.86. The molecule has 38 heavy (non-hydrogen) atoms. The Morgan fingerprint density at radius 2 is 1.97 bits per heavy atom. The van der Waals surface area contributed by atoms with Crippen LogP contribution in [0.3, 0.4) is 0 Å². The van der Waals surface area contributed by atoms with Gasteiger partial charge in [-0.2, -0.15) is 4.98 Å². The van der Waals surface area contributed by atoms with Crippen molar-refractivity contribution < 1.29 is 17.9 Å². The van der Waals surface area contributed by atoms with Crippen LogP contribution in [0.2, 0.25) is 5.15 Å². The van der Waals surface area contributed by atoms with Crippen molar-refractivity contribution in [2.45, 2.75) is 26.5 Å². The largest absolute Gasteiger partial charge is 0.460 e. The predicted molar refractivity (Wildman–Crippen MR) is 144 cm³/mol. The molecule has 0 unspecified atom stereocenters. The van der Waals surface area contributed by atoms with E-state index in [0.717, 1.165) is 17.4 Å². The van der Waals surface area contributed by atoms with Gasteiger partial charge in [0, 0.05) is 30.6 Å². The zero-order valence-corrected chi connectivity index (χ0v) is 22.6. The van der Waals surface area contributed by atoms with Gasteiger partial charge in [-0.15, -0.1) is 0 Å². The summed E-state index contributed by atoms with van der Waals surface area (Å²) in [5, 5.41) is 3.59. The molecule has 0 saturated heterocycles. The first-order valence-electron chi connectivity index (χ1n) is 11.4. The topological polar surface area (TPSA) is 145 Å². The normalized spacial score (nSPS) is 12.2. The first-order valence-corrected chi connectivity index (χ1v) is 13.7. The van der Waals surface area contributed by atoms with Crippen LogP contribution in [0.15, 0.2) is 53.6 Å². The van der Waals surface area contributed by atoms with Gasteiger partial charge in [-0.25, -0.2) is 18.1 Å². The minimum absolute atomic E-state index is 0.0171. The first kappa shape index (κ1) is 27.0. The summed E-state index contributed by atoms with van der Waals surface area (Å²) in [5.74, 6) is -0.933. The van der Waals surface area contributed by atoms with Gasteiger partial charge in [0.15, 0.2) is 5.69 Å². The number of benzene rings is 1. The van der Waals surface area contributed by atoms with Crippen LogP contribution in [0.25, 0.3) is 10.9 Å². The minimum atomic E-state index is -3.83. The molecule has 1 amide bonds. The number of nitrogens with zero attached hydrogens (tertiary/aromatic N) is 4. The number of anilines is 1. The van der Waals surface area contributed by atoms with Crippen LogP contribution >= 0.6 is 11.6 Å². The van der Waals surface area contributed by atoms with Crippen LogP contribution in [0.4, 0.5) is 5.69 Å². The number of carbonyl (C=O) groups is 1. The molecule has 0 aliphatic heterocycles. The number of aryl methyl sites for hydroxylation is 1. The maximum Gasteiger partial charge on any atom is 0.299 e. The highest BCUT2D eigenvalue weighted by molar-refractivity contribution is 7.89. The van der Waals surface area contributed by atoms with Crippen molar-refractivity contribution in [3.8, 4) is 6.01 Å². The molecule has 0 fully saturated rings. The summed E-state index contributed by atoms with van der Waals surface area (Å²) in [6.45, 7) is 3.84. The van der Waals surface area contributed by atoms with Crippen LogP contribution in [0.1, 0.15) is 40.1 Å². The van der Waals surface area contributed by atoms with E-state index in [9.17, 15) is 18.0 Å². The Kier molecular flexibility index (Phi) is 7.65. The Labute approximate surface area is 223 Å². The Morgan fingerprint density at radius 3 is 2.66 bits per heavy atom. The standard InChI is InChI=1S/C25H25ClN6O5S/c1-14-10-17(15(2)28-19-7-8-20(26)29-22(19)23(33)31-38(4,35)36)21-18(11-14)24(34)32(3)25(30-21)37-13-16-6-5-9-27-12-16/h5-12,15,28H,13H2,1-4H3,(H,31,33)/t15-/m1/s1. The van der Waals surface area contributed by atoms with E-state index >= 15 is 0 Å². The Hall–Kier alpha value is -4.03. The predicted octanol–water partition coefficient (Wildman–Crippen LogP) is 3.13. The monoisotopic (exact) mass is 556 g/mol. The van der Waals surface area contributed by atoms with Crippen molar-refractivity contribution in [1.82, 2.24) is 24.2 Å². The van der Waals surface area contributed by atoms with Crippen molar-refractivity contribution in [1.29, 1.82) is 0 Å². The molecule has 3 heterocycles. The van der Waals surface area contributed by atoms with E-state index in [2.05, 4.69) is 20.3 Å². The van der Waals surface area contributed by atoms with E-state index in [0.29, 0.717) is 16.5 Å². The van der Waals surface area contributed by atoms with Crippen molar-refractivity contribution in [3.63, 3.8) is 0 Å². The van der Waals surface area contributed by atoms with E-state index in [1.54, 1.807) is 31.6 Å². The summed E-state index contributed by atoms with van der Waals surface area (Å²) in [6, 6.07) is 9.90. The maximum absolute atomic E-state index is 13.2. The Balaban J connectivity index is 1.74. The van der Waals surface area contributed by atoms with Gasteiger partial charge in [-0.1, -0.05) is 23.7 Å². The van der Waals surface area contributed by atoms with Gasteiger partial charge in [-0.3, -0.25) is 19.1 Å². The van der Waals surface area contributed by atoms with Crippen LogP contribution in [-0.4, -0.2) is 40.1 Å². The number of fused-ring (bicyclic) bond motifs is 1. The summed E-state index contributed by atoms with van der Waals surface area (Å²) in [6.07, 6.45) is 4.19. The number of hydrogen-bond donors (Lipinski definition) is 2. The lowest BCUT2D eigenvalue weighted by Crippen LogP contribution is -2.31. The third-order valence-electron chi connectivity index (χ3n) is 5.60. The van der Waals surface area contributed by atoms with E-state index < -0.39 is 22.0 Å². The number of halogens is 1. The van der Waals surface area contributed by atoms with Gasteiger partial charge in [0.1, 0.15) is 11.8 Å². The highest BCUT2D eigenvalue weighted by atomic mass is 35.5. The molecular formula is C25H25ClN6O5S. The van der Waals surface area contributed by atoms with Crippen molar-refractivity contribution in [2.24, 2.45) is 7.05 Å². The molecule has 13 heteroatoms. The number of nitrogens with one attached hydrogen (secondary N) is 2. The van der Waals surface area contributed by atoms with Crippen LogP contribution in [-0.2, 0) is 23.7 Å². The number of rotatable bonds is 8. The van der Waals surface area contributed by atoms with E-state index in [1.807, 2.05) is 30.7 Å².